The molecule has 2 heterocycles. The molecular formula is C21H18N4O3. The van der Waals surface area contributed by atoms with Gasteiger partial charge in [0.2, 0.25) is 0 Å². The molecule has 0 radical (unpaired) electrons. The number of carboxylic acids is 1. The van der Waals surface area contributed by atoms with Gasteiger partial charge >= 0.3 is 11.7 Å². The Morgan fingerprint density at radius 3 is 2.64 bits per heavy atom. The number of nitrogens with zero attached hydrogens (tertiary/aromatic N) is 3. The second-order valence-corrected chi connectivity index (χ2v) is 6.43. The van der Waals surface area contributed by atoms with Gasteiger partial charge in [-0.05, 0) is 47.5 Å². The molecule has 0 amide bonds. The average Bonchev–Trinajstić information content (AvgIpc) is 3.03. The molecule has 0 spiro atoms. The predicted molar refractivity (Wildman–Crippen MR) is 106 cm³/mol. The summed E-state index contributed by atoms with van der Waals surface area (Å²) >= 11 is 0. The predicted octanol–water partition coefficient (Wildman–Crippen LogP) is 2.85. The van der Waals surface area contributed by atoms with Crippen molar-refractivity contribution in [2.45, 2.75) is 13.1 Å². The fourth-order valence-corrected chi connectivity index (χ4v) is 3.04. The number of hydrogen-bond acceptors (Lipinski definition) is 4. The van der Waals surface area contributed by atoms with Crippen LogP contribution in [-0.4, -0.2) is 25.3 Å². The molecule has 7 heteroatoms. The van der Waals surface area contributed by atoms with Gasteiger partial charge in [-0.3, -0.25) is 4.40 Å². The summed E-state index contributed by atoms with van der Waals surface area (Å²) in [5, 5.41) is 16.7. The molecule has 140 valence electrons. The minimum absolute atomic E-state index is 0.181. The number of benzene rings is 2. The molecule has 2 aromatic heterocycles. The second-order valence-electron chi connectivity index (χ2n) is 6.43. The maximum Gasteiger partial charge on any atom is 0.350 e. The molecule has 0 aliphatic rings. The normalized spacial score (nSPS) is 10.9. The van der Waals surface area contributed by atoms with Crippen LogP contribution in [0, 0.1) is 0 Å². The number of carbonyl (C=O) groups is 1. The first-order chi connectivity index (χ1) is 13.6. The van der Waals surface area contributed by atoms with Crippen molar-refractivity contribution in [2.24, 2.45) is 0 Å². The monoisotopic (exact) mass is 374 g/mol. The Labute approximate surface area is 160 Å². The highest BCUT2D eigenvalue weighted by Gasteiger charge is 2.07. The number of anilines is 1. The third kappa shape index (κ3) is 3.64. The highest BCUT2D eigenvalue weighted by Crippen LogP contribution is 2.14. The third-order valence-corrected chi connectivity index (χ3v) is 4.42. The lowest BCUT2D eigenvalue weighted by Crippen LogP contribution is -2.21. The van der Waals surface area contributed by atoms with Crippen molar-refractivity contribution in [1.82, 2.24) is 14.2 Å². The van der Waals surface area contributed by atoms with Crippen LogP contribution in [0.2, 0.25) is 0 Å². The summed E-state index contributed by atoms with van der Waals surface area (Å²) in [5.74, 6) is -0.943. The molecule has 0 aliphatic carbocycles. The molecule has 7 nitrogen and oxygen atoms in total. The van der Waals surface area contributed by atoms with Crippen molar-refractivity contribution >= 4 is 17.3 Å². The van der Waals surface area contributed by atoms with Crippen molar-refractivity contribution in [2.75, 3.05) is 5.32 Å². The Hall–Kier alpha value is -3.87. The first kappa shape index (κ1) is 17.5. The van der Waals surface area contributed by atoms with Crippen LogP contribution in [0.3, 0.4) is 0 Å². The van der Waals surface area contributed by atoms with Crippen molar-refractivity contribution in [3.05, 3.63) is 100 Å². The van der Waals surface area contributed by atoms with Gasteiger partial charge in [-0.25, -0.2) is 14.3 Å². The zero-order chi connectivity index (χ0) is 19.5. The van der Waals surface area contributed by atoms with Crippen molar-refractivity contribution in [3.8, 4) is 0 Å². The molecule has 0 unspecified atom stereocenters. The number of aromatic nitrogens is 3. The van der Waals surface area contributed by atoms with Crippen LogP contribution in [-0.2, 0) is 13.1 Å². The van der Waals surface area contributed by atoms with E-state index in [0.717, 1.165) is 16.8 Å². The number of nitrogens with one attached hydrogen (secondary N) is 1. The van der Waals surface area contributed by atoms with E-state index >= 15 is 0 Å². The highest BCUT2D eigenvalue weighted by molar-refractivity contribution is 5.87. The summed E-state index contributed by atoms with van der Waals surface area (Å²) in [7, 11) is 0. The number of pyridine rings is 1. The third-order valence-electron chi connectivity index (χ3n) is 4.42. The van der Waals surface area contributed by atoms with Gasteiger partial charge in [-0.1, -0.05) is 30.3 Å². The summed E-state index contributed by atoms with van der Waals surface area (Å²) in [6.45, 7) is 0.865. The van der Waals surface area contributed by atoms with E-state index in [1.165, 1.54) is 9.08 Å². The van der Waals surface area contributed by atoms with Crippen LogP contribution in [0.1, 0.15) is 21.5 Å². The number of hydrogen-bond donors (Lipinski definition) is 2. The number of rotatable bonds is 6. The van der Waals surface area contributed by atoms with Crippen molar-refractivity contribution in [1.29, 1.82) is 0 Å². The van der Waals surface area contributed by atoms with Crippen molar-refractivity contribution < 1.29 is 9.90 Å². The minimum Gasteiger partial charge on any atom is -0.478 e. The maximum atomic E-state index is 12.4. The minimum atomic E-state index is -0.943. The summed E-state index contributed by atoms with van der Waals surface area (Å²) < 4.78 is 2.95. The van der Waals surface area contributed by atoms with Gasteiger partial charge in [0.25, 0.3) is 0 Å². The lowest BCUT2D eigenvalue weighted by molar-refractivity contribution is 0.0696. The molecule has 4 rings (SSSR count). The van der Waals surface area contributed by atoms with E-state index in [9.17, 15) is 9.59 Å². The van der Waals surface area contributed by atoms with Gasteiger partial charge in [0, 0.05) is 18.4 Å². The van der Waals surface area contributed by atoms with Gasteiger partial charge in [-0.15, -0.1) is 5.10 Å². The summed E-state index contributed by atoms with van der Waals surface area (Å²) in [6, 6.07) is 20.0. The van der Waals surface area contributed by atoms with Crippen LogP contribution in [0.4, 0.5) is 5.69 Å². The van der Waals surface area contributed by atoms with Gasteiger partial charge in [0.15, 0.2) is 5.65 Å². The zero-order valence-corrected chi connectivity index (χ0v) is 14.9. The summed E-state index contributed by atoms with van der Waals surface area (Å²) in [5.41, 5.74) is 3.39. The largest absolute Gasteiger partial charge is 0.478 e. The van der Waals surface area contributed by atoms with E-state index in [2.05, 4.69) is 10.4 Å². The van der Waals surface area contributed by atoms with E-state index in [1.54, 1.807) is 36.5 Å². The number of carboxylic acid groups (broad SMARTS) is 1. The Bertz CT molecular complexity index is 1210. The summed E-state index contributed by atoms with van der Waals surface area (Å²) in [6.07, 6.45) is 1.70. The Kier molecular flexibility index (Phi) is 4.63. The lowest BCUT2D eigenvalue weighted by atomic mass is 10.1. The highest BCUT2D eigenvalue weighted by atomic mass is 16.4. The smallest absolute Gasteiger partial charge is 0.350 e. The fourth-order valence-electron chi connectivity index (χ4n) is 3.04. The molecule has 4 aromatic rings. The molecular weight excluding hydrogens is 356 g/mol. The summed E-state index contributed by atoms with van der Waals surface area (Å²) in [4.78, 5) is 23.5. The molecule has 28 heavy (non-hydrogen) atoms. The molecule has 0 atom stereocenters. The standard InChI is InChI=1S/C21H18N4O3/c26-20(27)17-7-3-5-15(11-17)13-22-18-8-4-6-16(12-18)14-25-21(28)24-10-2-1-9-19(24)23-25/h1-12,22H,13-14H2,(H,26,27). The maximum absolute atomic E-state index is 12.4. The van der Waals surface area contributed by atoms with Gasteiger partial charge in [-0.2, -0.15) is 0 Å². The van der Waals surface area contributed by atoms with Crippen LogP contribution < -0.4 is 11.0 Å². The number of aromatic carboxylic acids is 1. The van der Waals surface area contributed by atoms with E-state index in [-0.39, 0.29) is 11.3 Å². The number of fused-ring (bicyclic) bond motifs is 1. The van der Waals surface area contributed by atoms with Gasteiger partial charge in [0.1, 0.15) is 0 Å². The van der Waals surface area contributed by atoms with Gasteiger partial charge < -0.3 is 10.4 Å². The lowest BCUT2D eigenvalue weighted by Gasteiger charge is -2.09. The van der Waals surface area contributed by atoms with E-state index in [4.69, 9.17) is 5.11 Å². The average molecular weight is 374 g/mol. The second kappa shape index (κ2) is 7.40. The Morgan fingerprint density at radius 1 is 1.00 bits per heavy atom. The van der Waals surface area contributed by atoms with Crippen LogP contribution >= 0.6 is 0 Å². The van der Waals surface area contributed by atoms with Crippen LogP contribution in [0.5, 0.6) is 0 Å². The molecule has 2 N–H and O–H groups in total. The van der Waals surface area contributed by atoms with Crippen molar-refractivity contribution in [3.63, 3.8) is 0 Å². The quantitative estimate of drug-likeness (QED) is 0.542. The first-order valence-electron chi connectivity index (χ1n) is 8.79. The van der Waals surface area contributed by atoms with Crippen LogP contribution in [0.15, 0.2) is 77.7 Å². The van der Waals surface area contributed by atoms with Gasteiger partial charge in [0.05, 0.1) is 12.1 Å². The molecule has 0 saturated carbocycles. The van der Waals surface area contributed by atoms with E-state index in [0.29, 0.717) is 18.7 Å². The molecule has 0 fully saturated rings. The molecule has 0 bridgehead atoms. The molecule has 2 aromatic carbocycles. The van der Waals surface area contributed by atoms with E-state index < -0.39 is 5.97 Å². The molecule has 0 saturated heterocycles. The topological polar surface area (TPSA) is 88.6 Å². The SMILES string of the molecule is O=C(O)c1cccc(CNc2cccc(Cn3nc4ccccn4c3=O)c2)c1. The van der Waals surface area contributed by atoms with E-state index in [1.807, 2.05) is 36.4 Å². The first-order valence-corrected chi connectivity index (χ1v) is 8.79. The van der Waals surface area contributed by atoms with Crippen LogP contribution in [0.25, 0.3) is 5.65 Å². The molecule has 0 aliphatic heterocycles. The Balaban J connectivity index is 1.50. The zero-order valence-electron chi connectivity index (χ0n) is 14.9. The Morgan fingerprint density at radius 2 is 1.82 bits per heavy atom. The fraction of sp³-hybridized carbons (Fsp3) is 0.0952.